The van der Waals surface area contributed by atoms with Crippen LogP contribution in [0.4, 0.5) is 8.63 Å². The second kappa shape index (κ2) is 3.40. The summed E-state index contributed by atoms with van der Waals surface area (Å²) in [7, 11) is -2.56. The standard InChI is InChI=1S/C3H5BF2O2/c1-3(7)8-2-4(5)6/h2H2,1H3. The van der Waals surface area contributed by atoms with Gasteiger partial charge in [0.1, 0.15) is 6.51 Å². The van der Waals surface area contributed by atoms with Crippen molar-refractivity contribution >= 4 is 13.2 Å². The van der Waals surface area contributed by atoms with E-state index in [2.05, 4.69) is 4.74 Å². The Morgan fingerprint density at radius 3 is 2.38 bits per heavy atom. The normalized spacial score (nSPS) is 8.38. The lowest BCUT2D eigenvalue weighted by Gasteiger charge is -1.93. The molecule has 0 aliphatic heterocycles. The Morgan fingerprint density at radius 1 is 1.75 bits per heavy atom. The van der Waals surface area contributed by atoms with Crippen LogP contribution in [-0.4, -0.2) is 19.7 Å². The van der Waals surface area contributed by atoms with E-state index in [0.29, 0.717) is 0 Å². The van der Waals surface area contributed by atoms with Gasteiger partial charge in [-0.3, -0.25) is 13.4 Å². The van der Waals surface area contributed by atoms with Gasteiger partial charge in [-0.1, -0.05) is 0 Å². The quantitative estimate of drug-likeness (QED) is 0.394. The third-order valence-electron chi connectivity index (χ3n) is 0.413. The molecule has 0 unspecified atom stereocenters. The van der Waals surface area contributed by atoms with Gasteiger partial charge in [0.05, 0.1) is 0 Å². The second-order valence-corrected chi connectivity index (χ2v) is 1.19. The number of hydrogen-bond donors (Lipinski definition) is 0. The molecule has 0 amide bonds. The molecule has 0 saturated heterocycles. The van der Waals surface area contributed by atoms with Gasteiger partial charge in [0.2, 0.25) is 0 Å². The van der Waals surface area contributed by atoms with Crippen LogP contribution in [0.25, 0.3) is 0 Å². The summed E-state index contributed by atoms with van der Waals surface area (Å²) in [6, 6.07) is 0. The fourth-order valence-electron chi connectivity index (χ4n) is 0.180. The van der Waals surface area contributed by atoms with Gasteiger partial charge in [-0.2, -0.15) is 0 Å². The van der Waals surface area contributed by atoms with E-state index >= 15 is 0 Å². The van der Waals surface area contributed by atoms with Crippen molar-refractivity contribution in [2.45, 2.75) is 6.92 Å². The van der Waals surface area contributed by atoms with Crippen molar-refractivity contribution in [1.29, 1.82) is 0 Å². The van der Waals surface area contributed by atoms with Crippen LogP contribution < -0.4 is 0 Å². The molecule has 2 nitrogen and oxygen atoms in total. The van der Waals surface area contributed by atoms with Gasteiger partial charge in [-0.15, -0.1) is 0 Å². The van der Waals surface area contributed by atoms with Crippen LogP contribution >= 0.6 is 0 Å². The monoisotopic (exact) mass is 122 g/mol. The van der Waals surface area contributed by atoms with E-state index in [1.54, 1.807) is 0 Å². The lowest BCUT2D eigenvalue weighted by atomic mass is 10.0. The fraction of sp³-hybridized carbons (Fsp3) is 0.667. The summed E-state index contributed by atoms with van der Waals surface area (Å²) in [5, 5.41) is 0. The summed E-state index contributed by atoms with van der Waals surface area (Å²) >= 11 is 0. The summed E-state index contributed by atoms with van der Waals surface area (Å²) in [6.45, 7) is 0.289. The molecular formula is C3H5BF2O2. The zero-order valence-electron chi connectivity index (χ0n) is 4.36. The Kier molecular flexibility index (Phi) is 3.15. The van der Waals surface area contributed by atoms with Crippen LogP contribution in [0.3, 0.4) is 0 Å². The fourth-order valence-corrected chi connectivity index (χ4v) is 0.180. The number of rotatable bonds is 2. The predicted octanol–water partition coefficient (Wildman–Crippen LogP) is 0.516. The van der Waals surface area contributed by atoms with Gasteiger partial charge in [-0.05, 0) is 0 Å². The zero-order valence-corrected chi connectivity index (χ0v) is 4.36. The van der Waals surface area contributed by atoms with Gasteiger partial charge >= 0.3 is 13.2 Å². The molecule has 0 aliphatic rings. The molecule has 0 radical (unpaired) electrons. The highest BCUT2D eigenvalue weighted by molar-refractivity contribution is 6.42. The average Bonchev–Trinajstić information content (AvgIpc) is 1.61. The summed E-state index contributed by atoms with van der Waals surface area (Å²) in [5.74, 6) is -0.676. The minimum Gasteiger partial charge on any atom is -0.468 e. The van der Waals surface area contributed by atoms with Crippen molar-refractivity contribution in [2.24, 2.45) is 0 Å². The first-order chi connectivity index (χ1) is 3.63. The van der Waals surface area contributed by atoms with E-state index in [-0.39, 0.29) is 0 Å². The van der Waals surface area contributed by atoms with Crippen molar-refractivity contribution in [3.05, 3.63) is 0 Å². The van der Waals surface area contributed by atoms with E-state index in [4.69, 9.17) is 0 Å². The molecule has 0 saturated carbocycles. The van der Waals surface area contributed by atoms with Crippen molar-refractivity contribution in [3.8, 4) is 0 Å². The summed E-state index contributed by atoms with van der Waals surface area (Å²) in [5.41, 5.74) is 0. The molecule has 0 aromatic carbocycles. The van der Waals surface area contributed by atoms with Crippen LogP contribution in [0.2, 0.25) is 0 Å². The van der Waals surface area contributed by atoms with E-state index in [1.807, 2.05) is 0 Å². The zero-order chi connectivity index (χ0) is 6.57. The summed E-state index contributed by atoms with van der Waals surface area (Å²) < 4.78 is 26.2. The molecular weight excluding hydrogens is 117 g/mol. The molecule has 0 fully saturated rings. The number of hydrogen-bond acceptors (Lipinski definition) is 2. The van der Waals surface area contributed by atoms with Crippen LogP contribution in [0.15, 0.2) is 0 Å². The largest absolute Gasteiger partial charge is 0.574 e. The molecule has 0 bridgehead atoms. The van der Waals surface area contributed by atoms with E-state index in [0.717, 1.165) is 6.92 Å². The minimum atomic E-state index is -2.56. The highest BCUT2D eigenvalue weighted by atomic mass is 19.2. The maximum atomic E-state index is 11.1. The van der Waals surface area contributed by atoms with Gasteiger partial charge in [0, 0.05) is 6.92 Å². The van der Waals surface area contributed by atoms with Gasteiger partial charge in [-0.25, -0.2) is 0 Å². The molecule has 0 heterocycles. The van der Waals surface area contributed by atoms with Crippen molar-refractivity contribution in [3.63, 3.8) is 0 Å². The molecule has 0 aromatic heterocycles. The first-order valence-electron chi connectivity index (χ1n) is 2.04. The second-order valence-electron chi connectivity index (χ2n) is 1.19. The SMILES string of the molecule is CC(=O)OCB(F)F. The van der Waals surface area contributed by atoms with Crippen molar-refractivity contribution < 1.29 is 18.2 Å². The summed E-state index contributed by atoms with van der Waals surface area (Å²) in [4.78, 5) is 9.79. The van der Waals surface area contributed by atoms with Crippen LogP contribution in [0.1, 0.15) is 6.92 Å². The Labute approximate surface area is 46.0 Å². The van der Waals surface area contributed by atoms with Crippen molar-refractivity contribution in [2.75, 3.05) is 6.51 Å². The average molecular weight is 122 g/mol. The molecule has 5 heteroatoms. The van der Waals surface area contributed by atoms with Gasteiger partial charge in [0.15, 0.2) is 0 Å². The Morgan fingerprint density at radius 2 is 2.25 bits per heavy atom. The first-order valence-corrected chi connectivity index (χ1v) is 2.04. The number of carbonyl (C=O) groups excluding carboxylic acids is 1. The van der Waals surface area contributed by atoms with E-state index in [1.165, 1.54) is 0 Å². The number of halogens is 2. The van der Waals surface area contributed by atoms with Gasteiger partial charge < -0.3 is 4.74 Å². The molecule has 0 aliphatic carbocycles. The lowest BCUT2D eigenvalue weighted by molar-refractivity contribution is -0.139. The van der Waals surface area contributed by atoms with E-state index < -0.39 is 19.7 Å². The Balaban J connectivity index is 3.05. The third kappa shape index (κ3) is 5.39. The van der Waals surface area contributed by atoms with E-state index in [9.17, 15) is 13.4 Å². The maximum absolute atomic E-state index is 11.1. The topological polar surface area (TPSA) is 26.3 Å². The van der Waals surface area contributed by atoms with Crippen molar-refractivity contribution in [1.82, 2.24) is 0 Å². The Bertz CT molecular complexity index is 85.4. The molecule has 46 valence electrons. The maximum Gasteiger partial charge on any atom is 0.574 e. The molecule has 8 heavy (non-hydrogen) atoms. The predicted molar refractivity (Wildman–Crippen MR) is 24.6 cm³/mol. The first kappa shape index (κ1) is 7.39. The number of carbonyl (C=O) groups is 1. The smallest absolute Gasteiger partial charge is 0.468 e. The molecule has 0 atom stereocenters. The minimum absolute atomic E-state index is 0.676. The lowest BCUT2D eigenvalue weighted by Crippen LogP contribution is -2.11. The molecule has 0 aromatic rings. The van der Waals surface area contributed by atoms with Crippen LogP contribution in [0, 0.1) is 0 Å². The third-order valence-corrected chi connectivity index (χ3v) is 0.413. The molecule has 0 spiro atoms. The van der Waals surface area contributed by atoms with Crippen LogP contribution in [0.5, 0.6) is 0 Å². The van der Waals surface area contributed by atoms with Gasteiger partial charge in [0.25, 0.3) is 0 Å². The molecule has 0 rings (SSSR count). The number of esters is 1. The highest BCUT2D eigenvalue weighted by Gasteiger charge is 2.12. The number of ether oxygens (including phenoxy) is 1. The summed E-state index contributed by atoms with van der Waals surface area (Å²) in [6.07, 6.45) is 0. The highest BCUT2D eigenvalue weighted by Crippen LogP contribution is 1.86. The molecule has 0 N–H and O–H groups in total. The Hall–Kier alpha value is -0.605. The van der Waals surface area contributed by atoms with Crippen LogP contribution in [-0.2, 0) is 9.53 Å².